The Kier molecular flexibility index (Phi) is 7.50. The topological polar surface area (TPSA) is 71.7 Å². The van der Waals surface area contributed by atoms with E-state index in [0.29, 0.717) is 31.3 Å². The van der Waals surface area contributed by atoms with E-state index in [2.05, 4.69) is 41.3 Å². The van der Waals surface area contributed by atoms with Gasteiger partial charge in [0.05, 0.1) is 12.5 Å². The molecule has 8 heteroatoms. The van der Waals surface area contributed by atoms with Crippen LogP contribution in [0.25, 0.3) is 0 Å². The number of hydrogen-bond acceptors (Lipinski definition) is 6. The van der Waals surface area contributed by atoms with Crippen molar-refractivity contribution in [3.8, 4) is 0 Å². The second-order valence-electron chi connectivity index (χ2n) is 8.30. The highest BCUT2D eigenvalue weighted by molar-refractivity contribution is 7.99. The van der Waals surface area contributed by atoms with Crippen molar-refractivity contribution < 1.29 is 14.1 Å². The standard InChI is InChI=1S/C23H32N4O3S/c1-3-17-4-6-18(7-5-17)19-14-20(22-24-21(25-30-22)8-11-29-2)16-27(15-19)23(28)26-9-12-31-13-10-26/h4-7,19-20H,3,8-16H2,1-2H3. The Labute approximate surface area is 188 Å². The molecule has 2 atom stereocenters. The van der Waals surface area contributed by atoms with Crippen LogP contribution in [-0.2, 0) is 17.6 Å². The Hall–Kier alpha value is -2.06. The molecule has 2 aliphatic rings. The minimum absolute atomic E-state index is 0.0384. The van der Waals surface area contributed by atoms with Gasteiger partial charge in [-0.1, -0.05) is 36.3 Å². The molecule has 0 saturated carbocycles. The Morgan fingerprint density at radius 2 is 1.90 bits per heavy atom. The summed E-state index contributed by atoms with van der Waals surface area (Å²) in [7, 11) is 1.67. The van der Waals surface area contributed by atoms with Gasteiger partial charge in [0.15, 0.2) is 5.82 Å². The summed E-state index contributed by atoms with van der Waals surface area (Å²) < 4.78 is 10.8. The molecular weight excluding hydrogens is 412 g/mol. The zero-order valence-electron chi connectivity index (χ0n) is 18.5. The number of ether oxygens (including phenoxy) is 1. The zero-order chi connectivity index (χ0) is 21.6. The first kappa shape index (κ1) is 22.1. The predicted octanol–water partition coefficient (Wildman–Crippen LogP) is 3.56. The number of methoxy groups -OCH3 is 1. The SMILES string of the molecule is CCc1ccc(C2CC(c3nc(CCOC)no3)CN(C(=O)N3CCSCC3)C2)cc1. The Balaban J connectivity index is 1.55. The lowest BCUT2D eigenvalue weighted by atomic mass is 9.84. The number of carbonyl (C=O) groups is 1. The number of piperidine rings is 1. The van der Waals surface area contributed by atoms with E-state index in [4.69, 9.17) is 9.26 Å². The van der Waals surface area contributed by atoms with Crippen LogP contribution in [-0.4, -0.2) is 77.4 Å². The third kappa shape index (κ3) is 5.41. The first-order valence-electron chi connectivity index (χ1n) is 11.2. The van der Waals surface area contributed by atoms with Gasteiger partial charge in [-0.3, -0.25) is 0 Å². The van der Waals surface area contributed by atoms with E-state index in [1.165, 1.54) is 11.1 Å². The van der Waals surface area contributed by atoms with Gasteiger partial charge < -0.3 is 19.1 Å². The van der Waals surface area contributed by atoms with E-state index in [9.17, 15) is 4.79 Å². The maximum absolute atomic E-state index is 13.3. The van der Waals surface area contributed by atoms with Crippen LogP contribution in [0.1, 0.15) is 48.0 Å². The summed E-state index contributed by atoms with van der Waals surface area (Å²) in [5.41, 5.74) is 2.60. The van der Waals surface area contributed by atoms with Crippen LogP contribution in [0.4, 0.5) is 4.79 Å². The van der Waals surface area contributed by atoms with Crippen molar-refractivity contribution in [2.45, 2.75) is 38.0 Å². The molecule has 2 fully saturated rings. The summed E-state index contributed by atoms with van der Waals surface area (Å²) >= 11 is 1.91. The van der Waals surface area contributed by atoms with Gasteiger partial charge >= 0.3 is 6.03 Å². The van der Waals surface area contributed by atoms with E-state index in [0.717, 1.165) is 44.0 Å². The third-order valence-corrected chi connectivity index (χ3v) is 7.17. The first-order chi connectivity index (χ1) is 15.2. The highest BCUT2D eigenvalue weighted by Crippen LogP contribution is 2.36. The molecule has 3 heterocycles. The largest absolute Gasteiger partial charge is 0.384 e. The quantitative estimate of drug-likeness (QED) is 0.678. The molecule has 2 aliphatic heterocycles. The molecule has 1 aromatic heterocycles. The average Bonchev–Trinajstić information content (AvgIpc) is 3.31. The molecule has 1 aromatic carbocycles. The molecule has 0 spiro atoms. The van der Waals surface area contributed by atoms with Crippen LogP contribution in [0, 0.1) is 0 Å². The summed E-state index contributed by atoms with van der Waals surface area (Å²) in [5, 5.41) is 4.13. The first-order valence-corrected chi connectivity index (χ1v) is 12.3. The number of urea groups is 1. The van der Waals surface area contributed by atoms with Crippen LogP contribution < -0.4 is 0 Å². The van der Waals surface area contributed by atoms with Crippen LogP contribution in [0.15, 0.2) is 28.8 Å². The lowest BCUT2D eigenvalue weighted by molar-refractivity contribution is 0.130. The van der Waals surface area contributed by atoms with E-state index in [1.807, 2.05) is 21.6 Å². The molecule has 31 heavy (non-hydrogen) atoms. The van der Waals surface area contributed by atoms with Crippen LogP contribution in [0.5, 0.6) is 0 Å². The van der Waals surface area contributed by atoms with E-state index in [-0.39, 0.29) is 17.9 Å². The van der Waals surface area contributed by atoms with Gasteiger partial charge in [0.2, 0.25) is 5.89 Å². The minimum Gasteiger partial charge on any atom is -0.384 e. The molecule has 4 rings (SSSR count). The molecule has 168 valence electrons. The van der Waals surface area contributed by atoms with Crippen molar-refractivity contribution in [2.75, 3.05) is 51.4 Å². The molecule has 0 bridgehead atoms. The van der Waals surface area contributed by atoms with Crippen molar-refractivity contribution in [3.63, 3.8) is 0 Å². The summed E-state index contributed by atoms with van der Waals surface area (Å²) in [4.78, 5) is 21.9. The summed E-state index contributed by atoms with van der Waals surface area (Å²) in [5.74, 6) is 3.61. The number of rotatable bonds is 6. The van der Waals surface area contributed by atoms with Gasteiger partial charge in [-0.05, 0) is 24.0 Å². The molecule has 0 N–H and O–H groups in total. The number of aromatic nitrogens is 2. The lowest BCUT2D eigenvalue weighted by Gasteiger charge is -2.40. The van der Waals surface area contributed by atoms with E-state index < -0.39 is 0 Å². The Morgan fingerprint density at radius 1 is 1.16 bits per heavy atom. The van der Waals surface area contributed by atoms with Gasteiger partial charge in [0.25, 0.3) is 0 Å². The monoisotopic (exact) mass is 444 g/mol. The van der Waals surface area contributed by atoms with Gasteiger partial charge in [-0.15, -0.1) is 0 Å². The maximum Gasteiger partial charge on any atom is 0.320 e. The number of amides is 2. The average molecular weight is 445 g/mol. The van der Waals surface area contributed by atoms with Crippen molar-refractivity contribution in [1.82, 2.24) is 19.9 Å². The molecule has 7 nitrogen and oxygen atoms in total. The fraction of sp³-hybridized carbons (Fsp3) is 0.609. The van der Waals surface area contributed by atoms with Crippen molar-refractivity contribution in [2.24, 2.45) is 0 Å². The van der Waals surface area contributed by atoms with E-state index in [1.54, 1.807) is 7.11 Å². The Bertz CT molecular complexity index is 851. The van der Waals surface area contributed by atoms with Gasteiger partial charge in [0.1, 0.15) is 0 Å². The van der Waals surface area contributed by atoms with Crippen molar-refractivity contribution in [1.29, 1.82) is 0 Å². The normalized spacial score (nSPS) is 22.0. The zero-order valence-corrected chi connectivity index (χ0v) is 19.3. The highest BCUT2D eigenvalue weighted by atomic mass is 32.2. The van der Waals surface area contributed by atoms with Gasteiger partial charge in [-0.25, -0.2) is 4.79 Å². The lowest BCUT2D eigenvalue weighted by Crippen LogP contribution is -2.51. The predicted molar refractivity (Wildman–Crippen MR) is 122 cm³/mol. The second-order valence-corrected chi connectivity index (χ2v) is 9.53. The summed E-state index contributed by atoms with van der Waals surface area (Å²) in [6.45, 7) is 5.73. The van der Waals surface area contributed by atoms with Crippen molar-refractivity contribution in [3.05, 3.63) is 47.1 Å². The number of likely N-dealkylation sites (tertiary alicyclic amines) is 1. The number of thioether (sulfide) groups is 1. The number of aryl methyl sites for hydroxylation is 1. The van der Waals surface area contributed by atoms with E-state index >= 15 is 0 Å². The van der Waals surface area contributed by atoms with Gasteiger partial charge in [-0.2, -0.15) is 16.7 Å². The van der Waals surface area contributed by atoms with Crippen LogP contribution >= 0.6 is 11.8 Å². The summed E-state index contributed by atoms with van der Waals surface area (Å²) in [6, 6.07) is 8.96. The number of benzene rings is 1. The van der Waals surface area contributed by atoms with Crippen LogP contribution in [0.3, 0.4) is 0 Å². The smallest absolute Gasteiger partial charge is 0.320 e. The molecule has 2 amide bonds. The molecule has 0 aliphatic carbocycles. The molecule has 0 radical (unpaired) electrons. The minimum atomic E-state index is 0.0384. The number of carbonyl (C=O) groups excluding carboxylic acids is 1. The summed E-state index contributed by atoms with van der Waals surface area (Å²) in [6.07, 6.45) is 2.55. The second kappa shape index (κ2) is 10.5. The fourth-order valence-corrected chi connectivity index (χ4v) is 5.29. The fourth-order valence-electron chi connectivity index (χ4n) is 4.38. The molecular formula is C23H32N4O3S. The third-order valence-electron chi connectivity index (χ3n) is 6.22. The molecule has 2 saturated heterocycles. The Morgan fingerprint density at radius 3 is 2.61 bits per heavy atom. The number of hydrogen-bond donors (Lipinski definition) is 0. The number of nitrogens with zero attached hydrogens (tertiary/aromatic N) is 4. The van der Waals surface area contributed by atoms with Crippen LogP contribution in [0.2, 0.25) is 0 Å². The molecule has 2 unspecified atom stereocenters. The van der Waals surface area contributed by atoms with Crippen molar-refractivity contribution >= 4 is 17.8 Å². The highest BCUT2D eigenvalue weighted by Gasteiger charge is 2.36. The van der Waals surface area contributed by atoms with Gasteiger partial charge in [0, 0.05) is 57.1 Å². The maximum atomic E-state index is 13.3. The molecule has 2 aromatic rings.